The number of hydrogen-bond donors (Lipinski definition) is 2. The van der Waals surface area contributed by atoms with Crippen molar-refractivity contribution in [1.82, 2.24) is 14.9 Å². The van der Waals surface area contributed by atoms with Gasteiger partial charge in [-0.15, -0.1) is 0 Å². The van der Waals surface area contributed by atoms with Crippen LogP contribution in [0.4, 0.5) is 17.6 Å². The Kier molecular flexibility index (Phi) is 3.80. The fourth-order valence-corrected chi connectivity index (χ4v) is 2.35. The van der Waals surface area contributed by atoms with Crippen LogP contribution in [0.1, 0.15) is 20.8 Å². The summed E-state index contributed by atoms with van der Waals surface area (Å²) in [6, 6.07) is 1.95. The lowest BCUT2D eigenvalue weighted by Crippen LogP contribution is -2.53. The maximum absolute atomic E-state index is 5.74. The molecule has 0 radical (unpaired) electrons. The van der Waals surface area contributed by atoms with Crippen LogP contribution in [0, 0.1) is 0 Å². The first-order valence-corrected chi connectivity index (χ1v) is 6.72. The predicted molar refractivity (Wildman–Crippen MR) is 79.5 cm³/mol. The van der Waals surface area contributed by atoms with Crippen molar-refractivity contribution in [1.29, 1.82) is 0 Å². The van der Waals surface area contributed by atoms with Gasteiger partial charge in [0.1, 0.15) is 11.6 Å². The third-order valence-corrected chi connectivity index (χ3v) is 3.54. The molecule has 106 valence electrons. The molecule has 1 fully saturated rings. The zero-order valence-corrected chi connectivity index (χ0v) is 12.3. The Hall–Kier alpha value is -1.56. The number of piperazine rings is 1. The van der Waals surface area contributed by atoms with E-state index in [0.29, 0.717) is 5.95 Å². The molecule has 0 bridgehead atoms. The predicted octanol–water partition coefficient (Wildman–Crippen LogP) is 1.02. The molecule has 2 heterocycles. The van der Waals surface area contributed by atoms with E-state index in [-0.39, 0.29) is 5.54 Å². The van der Waals surface area contributed by atoms with E-state index in [9.17, 15) is 0 Å². The number of nitrogens with one attached hydrogen (secondary N) is 1. The first-order chi connectivity index (χ1) is 8.90. The Morgan fingerprint density at radius 1 is 1.16 bits per heavy atom. The lowest BCUT2D eigenvalue weighted by Gasteiger charge is -2.42. The minimum absolute atomic E-state index is 0.229. The third-order valence-electron chi connectivity index (χ3n) is 3.54. The zero-order valence-electron chi connectivity index (χ0n) is 12.3. The van der Waals surface area contributed by atoms with E-state index in [0.717, 1.165) is 37.8 Å². The first kappa shape index (κ1) is 13.9. The average Bonchev–Trinajstić information content (AvgIpc) is 2.37. The molecule has 1 saturated heterocycles. The second-order valence-electron chi connectivity index (χ2n) is 5.86. The third kappa shape index (κ3) is 3.26. The Balaban J connectivity index is 2.07. The summed E-state index contributed by atoms with van der Waals surface area (Å²) in [5, 5.41) is 3.01. The van der Waals surface area contributed by atoms with E-state index in [1.165, 1.54) is 0 Å². The highest BCUT2D eigenvalue weighted by Gasteiger charge is 2.26. The van der Waals surface area contributed by atoms with E-state index >= 15 is 0 Å². The SMILES string of the molecule is CNc1cc(N2CCN(C(C)(C)C)CC2)nc(N)n1. The number of rotatable bonds is 2. The number of aromatic nitrogens is 2. The summed E-state index contributed by atoms with van der Waals surface area (Å²) in [6.45, 7) is 10.8. The van der Waals surface area contributed by atoms with Gasteiger partial charge in [0.05, 0.1) is 0 Å². The highest BCUT2D eigenvalue weighted by atomic mass is 15.3. The molecule has 0 atom stereocenters. The monoisotopic (exact) mass is 264 g/mol. The quantitative estimate of drug-likeness (QED) is 0.831. The normalized spacial score (nSPS) is 17.6. The van der Waals surface area contributed by atoms with Crippen molar-refractivity contribution in [2.45, 2.75) is 26.3 Å². The van der Waals surface area contributed by atoms with Crippen LogP contribution in [0.3, 0.4) is 0 Å². The summed E-state index contributed by atoms with van der Waals surface area (Å²) >= 11 is 0. The van der Waals surface area contributed by atoms with Gasteiger partial charge in [0, 0.05) is 44.8 Å². The second kappa shape index (κ2) is 5.21. The zero-order chi connectivity index (χ0) is 14.0. The molecule has 1 aromatic rings. The smallest absolute Gasteiger partial charge is 0.223 e. The van der Waals surface area contributed by atoms with Gasteiger partial charge in [-0.3, -0.25) is 4.90 Å². The summed E-state index contributed by atoms with van der Waals surface area (Å²) in [5.74, 6) is 1.99. The van der Waals surface area contributed by atoms with Crippen molar-refractivity contribution in [3.05, 3.63) is 6.07 Å². The molecule has 0 aliphatic carbocycles. The van der Waals surface area contributed by atoms with Gasteiger partial charge in [-0.05, 0) is 20.8 Å². The summed E-state index contributed by atoms with van der Waals surface area (Å²) < 4.78 is 0. The van der Waals surface area contributed by atoms with Crippen LogP contribution in [0.25, 0.3) is 0 Å². The standard InChI is InChI=1S/C13H24N6/c1-13(2,3)19-7-5-18(6-8-19)11-9-10(15-4)16-12(14)17-11/h9H,5-8H2,1-4H3,(H3,14,15,16,17). The highest BCUT2D eigenvalue weighted by Crippen LogP contribution is 2.21. The van der Waals surface area contributed by atoms with E-state index in [1.807, 2.05) is 13.1 Å². The maximum Gasteiger partial charge on any atom is 0.223 e. The van der Waals surface area contributed by atoms with Crippen molar-refractivity contribution in [3.8, 4) is 0 Å². The molecule has 2 rings (SSSR count). The summed E-state index contributed by atoms with van der Waals surface area (Å²) in [5.41, 5.74) is 5.97. The molecule has 6 heteroatoms. The van der Waals surface area contributed by atoms with Crippen molar-refractivity contribution >= 4 is 17.6 Å². The molecule has 0 spiro atoms. The fourth-order valence-electron chi connectivity index (χ4n) is 2.35. The molecule has 0 unspecified atom stereocenters. The number of nitrogens with two attached hydrogens (primary N) is 1. The molecule has 19 heavy (non-hydrogen) atoms. The fraction of sp³-hybridized carbons (Fsp3) is 0.692. The Labute approximate surface area is 115 Å². The minimum Gasteiger partial charge on any atom is -0.373 e. The number of anilines is 3. The number of nitrogens with zero attached hydrogens (tertiary/aromatic N) is 4. The van der Waals surface area contributed by atoms with Crippen LogP contribution in [-0.2, 0) is 0 Å². The second-order valence-corrected chi connectivity index (χ2v) is 5.86. The first-order valence-electron chi connectivity index (χ1n) is 6.72. The van der Waals surface area contributed by atoms with Crippen LogP contribution >= 0.6 is 0 Å². The summed E-state index contributed by atoms with van der Waals surface area (Å²) in [4.78, 5) is 13.2. The van der Waals surface area contributed by atoms with Crippen LogP contribution < -0.4 is 16.0 Å². The molecule has 0 aromatic carbocycles. The molecule has 1 aromatic heterocycles. The van der Waals surface area contributed by atoms with Crippen molar-refractivity contribution in [3.63, 3.8) is 0 Å². The summed E-state index contributed by atoms with van der Waals surface area (Å²) in [6.07, 6.45) is 0. The Morgan fingerprint density at radius 3 is 2.32 bits per heavy atom. The van der Waals surface area contributed by atoms with Gasteiger partial charge in [-0.2, -0.15) is 9.97 Å². The van der Waals surface area contributed by atoms with Crippen molar-refractivity contribution in [2.75, 3.05) is 49.2 Å². The number of hydrogen-bond acceptors (Lipinski definition) is 6. The lowest BCUT2D eigenvalue weighted by molar-refractivity contribution is 0.128. The molecule has 0 saturated carbocycles. The van der Waals surface area contributed by atoms with Crippen LogP contribution in [0.5, 0.6) is 0 Å². The molecule has 1 aliphatic heterocycles. The summed E-state index contributed by atoms with van der Waals surface area (Å²) in [7, 11) is 1.84. The molecule has 6 nitrogen and oxygen atoms in total. The lowest BCUT2D eigenvalue weighted by atomic mass is 10.1. The molecule has 3 N–H and O–H groups in total. The van der Waals surface area contributed by atoms with Gasteiger partial charge < -0.3 is 16.0 Å². The Bertz CT molecular complexity index is 431. The molecule has 0 amide bonds. The van der Waals surface area contributed by atoms with E-state index in [1.54, 1.807) is 0 Å². The number of nitrogen functional groups attached to an aromatic ring is 1. The Morgan fingerprint density at radius 2 is 1.79 bits per heavy atom. The minimum atomic E-state index is 0.229. The van der Waals surface area contributed by atoms with E-state index < -0.39 is 0 Å². The van der Waals surface area contributed by atoms with Crippen LogP contribution in [0.2, 0.25) is 0 Å². The van der Waals surface area contributed by atoms with Crippen molar-refractivity contribution < 1.29 is 0 Å². The van der Waals surface area contributed by atoms with E-state index in [4.69, 9.17) is 5.73 Å². The van der Waals surface area contributed by atoms with Gasteiger partial charge in [-0.25, -0.2) is 0 Å². The van der Waals surface area contributed by atoms with Gasteiger partial charge in [-0.1, -0.05) is 0 Å². The average molecular weight is 264 g/mol. The highest BCUT2D eigenvalue weighted by molar-refractivity contribution is 5.52. The molecular weight excluding hydrogens is 240 g/mol. The van der Waals surface area contributed by atoms with Crippen LogP contribution in [0.15, 0.2) is 6.07 Å². The van der Waals surface area contributed by atoms with Gasteiger partial charge in [0.25, 0.3) is 0 Å². The van der Waals surface area contributed by atoms with Gasteiger partial charge >= 0.3 is 0 Å². The maximum atomic E-state index is 5.74. The van der Waals surface area contributed by atoms with Crippen molar-refractivity contribution in [2.24, 2.45) is 0 Å². The van der Waals surface area contributed by atoms with Gasteiger partial charge in [0.2, 0.25) is 5.95 Å². The van der Waals surface area contributed by atoms with Crippen LogP contribution in [-0.4, -0.2) is 53.6 Å². The molecular formula is C13H24N6. The largest absolute Gasteiger partial charge is 0.373 e. The molecule has 1 aliphatic rings. The van der Waals surface area contributed by atoms with Gasteiger partial charge in [0.15, 0.2) is 0 Å². The van der Waals surface area contributed by atoms with E-state index in [2.05, 4.69) is 45.9 Å². The topological polar surface area (TPSA) is 70.3 Å².